The van der Waals surface area contributed by atoms with Crippen LogP contribution in [0.4, 0.5) is 4.79 Å². The number of halogens is 1. The van der Waals surface area contributed by atoms with E-state index in [9.17, 15) is 9.59 Å². The smallest absolute Gasteiger partial charge is 0.293 e. The summed E-state index contributed by atoms with van der Waals surface area (Å²) in [5.41, 5.74) is 4.28. The van der Waals surface area contributed by atoms with Gasteiger partial charge in [-0.2, -0.15) is 0 Å². The zero-order chi connectivity index (χ0) is 21.4. The number of fused-ring (bicyclic) bond motifs is 1. The maximum absolute atomic E-state index is 12.9. The molecule has 2 amide bonds. The standard InChI is InChI=1S/C24H23ClN2O2S/c1-4-15(2)27-23(28)22(30-24(27)29)13-20-16(3)26(21-8-6-5-7-19(20)21)14-17-9-11-18(25)12-10-17/h5-13,15H,4,14H2,1-3H3/b22-13+/t15-/m0/s1. The van der Waals surface area contributed by atoms with E-state index in [1.807, 2.05) is 56.3 Å². The van der Waals surface area contributed by atoms with E-state index in [0.717, 1.165) is 45.9 Å². The number of imide groups is 1. The quantitative estimate of drug-likeness (QED) is 0.428. The molecule has 2 aromatic carbocycles. The summed E-state index contributed by atoms with van der Waals surface area (Å²) in [4.78, 5) is 27.2. The molecule has 0 unspecified atom stereocenters. The number of para-hydroxylation sites is 1. The van der Waals surface area contributed by atoms with E-state index in [1.165, 1.54) is 4.90 Å². The van der Waals surface area contributed by atoms with Crippen molar-refractivity contribution in [2.24, 2.45) is 0 Å². The molecule has 1 atom stereocenters. The van der Waals surface area contributed by atoms with Crippen molar-refractivity contribution in [1.82, 2.24) is 9.47 Å². The highest BCUT2D eigenvalue weighted by Crippen LogP contribution is 2.37. The molecule has 3 aromatic rings. The molecular weight excluding hydrogens is 416 g/mol. The maximum atomic E-state index is 12.9. The Kier molecular flexibility index (Phi) is 5.76. The average Bonchev–Trinajstić information content (AvgIpc) is 3.17. The van der Waals surface area contributed by atoms with E-state index in [1.54, 1.807) is 0 Å². The van der Waals surface area contributed by atoms with Gasteiger partial charge in [-0.05, 0) is 61.9 Å². The highest BCUT2D eigenvalue weighted by Gasteiger charge is 2.37. The van der Waals surface area contributed by atoms with E-state index < -0.39 is 0 Å². The third-order valence-electron chi connectivity index (χ3n) is 5.66. The van der Waals surface area contributed by atoms with Gasteiger partial charge in [-0.25, -0.2) is 0 Å². The Balaban J connectivity index is 1.78. The Bertz CT molecular complexity index is 1160. The van der Waals surface area contributed by atoms with Crippen LogP contribution in [0.15, 0.2) is 53.4 Å². The fourth-order valence-corrected chi connectivity index (χ4v) is 4.83. The molecule has 0 N–H and O–H groups in total. The Morgan fingerprint density at radius 1 is 1.10 bits per heavy atom. The van der Waals surface area contributed by atoms with Crippen LogP contribution in [0.1, 0.15) is 37.1 Å². The van der Waals surface area contributed by atoms with Crippen LogP contribution in [0.25, 0.3) is 17.0 Å². The molecule has 1 fully saturated rings. The molecule has 4 rings (SSSR count). The van der Waals surface area contributed by atoms with E-state index in [2.05, 4.69) is 23.6 Å². The molecule has 0 saturated carbocycles. The molecule has 4 nitrogen and oxygen atoms in total. The summed E-state index contributed by atoms with van der Waals surface area (Å²) < 4.78 is 2.24. The van der Waals surface area contributed by atoms with Gasteiger partial charge in [0.1, 0.15) is 0 Å². The Labute approximate surface area is 185 Å². The molecule has 6 heteroatoms. The molecule has 30 heavy (non-hydrogen) atoms. The molecule has 0 spiro atoms. The first-order valence-corrected chi connectivity index (χ1v) is 11.2. The van der Waals surface area contributed by atoms with Crippen LogP contribution in [-0.4, -0.2) is 26.7 Å². The van der Waals surface area contributed by atoms with Crippen LogP contribution in [0.5, 0.6) is 0 Å². The maximum Gasteiger partial charge on any atom is 0.293 e. The highest BCUT2D eigenvalue weighted by molar-refractivity contribution is 8.18. The van der Waals surface area contributed by atoms with Gasteiger partial charge in [-0.1, -0.05) is 48.9 Å². The van der Waals surface area contributed by atoms with Crippen LogP contribution < -0.4 is 0 Å². The van der Waals surface area contributed by atoms with Crippen LogP contribution in [0.3, 0.4) is 0 Å². The zero-order valence-electron chi connectivity index (χ0n) is 17.2. The predicted molar refractivity (Wildman–Crippen MR) is 125 cm³/mol. The van der Waals surface area contributed by atoms with Gasteiger partial charge < -0.3 is 4.57 Å². The fraction of sp³-hybridized carbons (Fsp3) is 0.250. The van der Waals surface area contributed by atoms with Crippen molar-refractivity contribution in [3.8, 4) is 0 Å². The Morgan fingerprint density at radius 2 is 1.80 bits per heavy atom. The van der Waals surface area contributed by atoms with Crippen molar-refractivity contribution >= 4 is 51.5 Å². The van der Waals surface area contributed by atoms with Crippen LogP contribution >= 0.6 is 23.4 Å². The second-order valence-electron chi connectivity index (χ2n) is 7.54. The molecule has 2 heterocycles. The Morgan fingerprint density at radius 3 is 2.50 bits per heavy atom. The lowest BCUT2D eigenvalue weighted by Crippen LogP contribution is -2.36. The van der Waals surface area contributed by atoms with Crippen LogP contribution in [-0.2, 0) is 11.3 Å². The number of carbonyl (C=O) groups excluding carboxylic acids is 2. The van der Waals surface area contributed by atoms with Crippen molar-refractivity contribution in [3.63, 3.8) is 0 Å². The van der Waals surface area contributed by atoms with Gasteiger partial charge in [0.2, 0.25) is 0 Å². The first-order chi connectivity index (χ1) is 14.4. The minimum absolute atomic E-state index is 0.101. The summed E-state index contributed by atoms with van der Waals surface area (Å²) in [5.74, 6) is -0.201. The zero-order valence-corrected chi connectivity index (χ0v) is 18.8. The van der Waals surface area contributed by atoms with Crippen molar-refractivity contribution in [3.05, 3.63) is 75.3 Å². The van der Waals surface area contributed by atoms with Gasteiger partial charge in [0.15, 0.2) is 0 Å². The molecule has 0 aliphatic carbocycles. The molecule has 0 radical (unpaired) electrons. The predicted octanol–water partition coefficient (Wildman–Crippen LogP) is 6.49. The number of hydrogen-bond donors (Lipinski definition) is 0. The monoisotopic (exact) mass is 438 g/mol. The number of benzene rings is 2. The second-order valence-corrected chi connectivity index (χ2v) is 8.97. The van der Waals surface area contributed by atoms with Gasteiger partial charge in [0.25, 0.3) is 11.1 Å². The molecule has 1 aliphatic rings. The summed E-state index contributed by atoms with van der Waals surface area (Å²) in [6.07, 6.45) is 2.62. The fourth-order valence-electron chi connectivity index (χ4n) is 3.79. The topological polar surface area (TPSA) is 42.3 Å². The van der Waals surface area contributed by atoms with E-state index in [-0.39, 0.29) is 17.2 Å². The summed E-state index contributed by atoms with van der Waals surface area (Å²) in [5, 5.41) is 1.59. The normalized spacial score (nSPS) is 16.8. The van der Waals surface area contributed by atoms with E-state index in [0.29, 0.717) is 16.5 Å². The third kappa shape index (κ3) is 3.68. The molecule has 1 saturated heterocycles. The van der Waals surface area contributed by atoms with Crippen LogP contribution in [0, 0.1) is 6.92 Å². The molecular formula is C24H23ClN2O2S. The van der Waals surface area contributed by atoms with Gasteiger partial charge >= 0.3 is 0 Å². The van der Waals surface area contributed by atoms with Gasteiger partial charge in [-0.15, -0.1) is 0 Å². The van der Waals surface area contributed by atoms with Crippen molar-refractivity contribution in [2.75, 3.05) is 0 Å². The number of amides is 2. The summed E-state index contributed by atoms with van der Waals surface area (Å²) in [6, 6.07) is 15.9. The Hall–Kier alpha value is -2.50. The lowest BCUT2D eigenvalue weighted by Gasteiger charge is -2.19. The summed E-state index contributed by atoms with van der Waals surface area (Å²) in [7, 11) is 0. The highest BCUT2D eigenvalue weighted by atomic mass is 35.5. The molecule has 0 bridgehead atoms. The SMILES string of the molecule is CC[C@H](C)N1C(=O)S/C(=C/c2c(C)n(Cc3ccc(Cl)cc3)c3ccccc23)C1=O. The number of hydrogen-bond acceptors (Lipinski definition) is 3. The first-order valence-electron chi connectivity index (χ1n) is 10.00. The van der Waals surface area contributed by atoms with Crippen LogP contribution in [0.2, 0.25) is 5.02 Å². The number of thioether (sulfide) groups is 1. The molecule has 1 aliphatic heterocycles. The third-order valence-corrected chi connectivity index (χ3v) is 6.80. The van der Waals surface area contributed by atoms with Gasteiger partial charge in [0, 0.05) is 39.8 Å². The van der Waals surface area contributed by atoms with Crippen molar-refractivity contribution in [2.45, 2.75) is 39.8 Å². The van der Waals surface area contributed by atoms with Gasteiger partial charge in [-0.3, -0.25) is 14.5 Å². The van der Waals surface area contributed by atoms with E-state index >= 15 is 0 Å². The second kappa shape index (κ2) is 8.32. The molecule has 154 valence electrons. The first kappa shape index (κ1) is 20.8. The van der Waals surface area contributed by atoms with E-state index in [4.69, 9.17) is 11.6 Å². The summed E-state index contributed by atoms with van der Waals surface area (Å²) >= 11 is 7.06. The number of aromatic nitrogens is 1. The van der Waals surface area contributed by atoms with Crippen molar-refractivity contribution in [1.29, 1.82) is 0 Å². The number of nitrogens with zero attached hydrogens (tertiary/aromatic N) is 2. The van der Waals surface area contributed by atoms with Gasteiger partial charge in [0.05, 0.1) is 4.91 Å². The lowest BCUT2D eigenvalue weighted by atomic mass is 10.1. The number of carbonyl (C=O) groups is 2. The molecule has 1 aromatic heterocycles. The largest absolute Gasteiger partial charge is 0.340 e. The lowest BCUT2D eigenvalue weighted by molar-refractivity contribution is -0.124. The average molecular weight is 439 g/mol. The number of rotatable bonds is 5. The minimum Gasteiger partial charge on any atom is -0.340 e. The minimum atomic E-state index is -0.201. The van der Waals surface area contributed by atoms with Crippen molar-refractivity contribution < 1.29 is 9.59 Å². The summed E-state index contributed by atoms with van der Waals surface area (Å²) in [6.45, 7) is 6.64.